The number of hydrogen-bond acceptors (Lipinski definition) is 3. The van der Waals surface area contributed by atoms with Gasteiger partial charge < -0.3 is 5.32 Å². The van der Waals surface area contributed by atoms with Crippen LogP contribution in [0.1, 0.15) is 36.6 Å². The Morgan fingerprint density at radius 1 is 1.61 bits per heavy atom. The summed E-state index contributed by atoms with van der Waals surface area (Å²) >= 11 is 3.96. The van der Waals surface area contributed by atoms with Crippen LogP contribution in [0.15, 0.2) is 6.07 Å². The zero-order chi connectivity index (χ0) is 13.1. The Balaban J connectivity index is 2.07. The van der Waals surface area contributed by atoms with Crippen LogP contribution in [0.4, 0.5) is 8.78 Å². The number of carbonyl (C=O) groups excluding carboxylic acids is 1. The summed E-state index contributed by atoms with van der Waals surface area (Å²) in [6, 6.07) is 1.41. The van der Waals surface area contributed by atoms with Crippen LogP contribution in [0.5, 0.6) is 0 Å². The maximum atomic E-state index is 12.8. The molecule has 1 amide bonds. The summed E-state index contributed by atoms with van der Waals surface area (Å²) in [5.41, 5.74) is 0.491. The second-order valence-electron chi connectivity index (χ2n) is 4.30. The van der Waals surface area contributed by atoms with E-state index in [1.54, 1.807) is 0 Å². The van der Waals surface area contributed by atoms with Crippen LogP contribution < -0.4 is 5.32 Å². The lowest BCUT2D eigenvalue weighted by Gasteiger charge is -2.06. The second-order valence-corrected chi connectivity index (χ2v) is 4.75. The van der Waals surface area contributed by atoms with Crippen molar-refractivity contribution in [1.82, 2.24) is 15.1 Å². The van der Waals surface area contributed by atoms with E-state index in [1.807, 2.05) is 0 Å². The molecule has 0 aromatic carbocycles. The normalized spacial score (nSPS) is 15.1. The molecule has 1 heterocycles. The fourth-order valence-electron chi connectivity index (χ4n) is 1.72. The average Bonchev–Trinajstić information content (AvgIpc) is 3.08. The van der Waals surface area contributed by atoms with Crippen molar-refractivity contribution in [3.8, 4) is 0 Å². The van der Waals surface area contributed by atoms with Crippen molar-refractivity contribution < 1.29 is 13.6 Å². The van der Waals surface area contributed by atoms with E-state index < -0.39 is 6.43 Å². The van der Waals surface area contributed by atoms with Crippen LogP contribution in [-0.4, -0.2) is 28.0 Å². The van der Waals surface area contributed by atoms with Gasteiger partial charge in [0.2, 0.25) is 5.91 Å². The second kappa shape index (κ2) is 5.69. The third-order valence-corrected chi connectivity index (χ3v) is 3.00. The standard InChI is InChI=1S/C11H15F2N3OS/c12-11(13)9-5-8(7-1-2-7)15-16(9)6-10(17)14-3-4-18/h5,7,11,18H,1-4,6H2,(H,14,17). The monoisotopic (exact) mass is 275 g/mol. The van der Waals surface area contributed by atoms with E-state index in [0.717, 1.165) is 17.5 Å². The predicted molar refractivity (Wildman–Crippen MR) is 66.0 cm³/mol. The van der Waals surface area contributed by atoms with E-state index in [0.29, 0.717) is 23.9 Å². The molecule has 0 bridgehead atoms. The number of amides is 1. The van der Waals surface area contributed by atoms with Gasteiger partial charge in [0.15, 0.2) is 0 Å². The van der Waals surface area contributed by atoms with E-state index >= 15 is 0 Å². The number of alkyl halides is 2. The van der Waals surface area contributed by atoms with Gasteiger partial charge in [0.1, 0.15) is 12.2 Å². The molecule has 0 unspecified atom stereocenters. The summed E-state index contributed by atoms with van der Waals surface area (Å²) in [7, 11) is 0. The topological polar surface area (TPSA) is 46.9 Å². The summed E-state index contributed by atoms with van der Waals surface area (Å²) in [5, 5.41) is 6.68. The van der Waals surface area contributed by atoms with Gasteiger partial charge in [0.05, 0.1) is 5.69 Å². The maximum Gasteiger partial charge on any atom is 0.280 e. The largest absolute Gasteiger partial charge is 0.354 e. The molecule has 7 heteroatoms. The van der Waals surface area contributed by atoms with E-state index in [4.69, 9.17) is 0 Å². The highest BCUT2D eigenvalue weighted by molar-refractivity contribution is 7.80. The fraction of sp³-hybridized carbons (Fsp3) is 0.636. The molecule has 0 radical (unpaired) electrons. The lowest BCUT2D eigenvalue weighted by atomic mass is 10.3. The summed E-state index contributed by atoms with van der Waals surface area (Å²) < 4.78 is 26.7. The fourth-order valence-corrected chi connectivity index (χ4v) is 1.83. The Bertz CT molecular complexity index is 432. The zero-order valence-corrected chi connectivity index (χ0v) is 10.7. The minimum atomic E-state index is -2.61. The molecule has 1 aliphatic rings. The molecule has 1 aromatic rings. The maximum absolute atomic E-state index is 12.8. The number of nitrogens with zero attached hydrogens (tertiary/aromatic N) is 2. The van der Waals surface area contributed by atoms with Crippen LogP contribution in [0.25, 0.3) is 0 Å². The van der Waals surface area contributed by atoms with Crippen LogP contribution in [0, 0.1) is 0 Å². The molecule has 18 heavy (non-hydrogen) atoms. The van der Waals surface area contributed by atoms with Crippen LogP contribution in [0.2, 0.25) is 0 Å². The number of rotatable bonds is 6. The Morgan fingerprint density at radius 2 is 2.33 bits per heavy atom. The smallest absolute Gasteiger partial charge is 0.280 e. The molecule has 0 saturated heterocycles. The van der Waals surface area contributed by atoms with E-state index in [2.05, 4.69) is 23.0 Å². The van der Waals surface area contributed by atoms with Crippen molar-refractivity contribution in [2.75, 3.05) is 12.3 Å². The Kier molecular flexibility index (Phi) is 4.21. The highest BCUT2D eigenvalue weighted by atomic mass is 32.1. The van der Waals surface area contributed by atoms with Gasteiger partial charge in [0, 0.05) is 18.2 Å². The van der Waals surface area contributed by atoms with Crippen molar-refractivity contribution in [1.29, 1.82) is 0 Å². The van der Waals surface area contributed by atoms with Gasteiger partial charge in [-0.25, -0.2) is 8.78 Å². The van der Waals surface area contributed by atoms with Gasteiger partial charge in [-0.2, -0.15) is 17.7 Å². The van der Waals surface area contributed by atoms with E-state index in [9.17, 15) is 13.6 Å². The number of hydrogen-bond donors (Lipinski definition) is 2. The molecular formula is C11H15F2N3OS. The number of carbonyl (C=O) groups is 1. The molecule has 1 fully saturated rings. The highest BCUT2D eigenvalue weighted by Gasteiger charge is 2.29. The number of thiol groups is 1. The molecule has 0 aliphatic heterocycles. The van der Waals surface area contributed by atoms with E-state index in [1.165, 1.54) is 6.07 Å². The zero-order valence-electron chi connectivity index (χ0n) is 9.77. The molecule has 2 rings (SSSR count). The first-order valence-electron chi connectivity index (χ1n) is 5.85. The van der Waals surface area contributed by atoms with Crippen molar-refractivity contribution in [2.45, 2.75) is 31.7 Å². The van der Waals surface area contributed by atoms with Crippen molar-refractivity contribution >= 4 is 18.5 Å². The molecular weight excluding hydrogens is 260 g/mol. The molecule has 1 saturated carbocycles. The third-order valence-electron chi connectivity index (χ3n) is 2.78. The predicted octanol–water partition coefficient (Wildman–Crippen LogP) is 1.74. The first-order chi connectivity index (χ1) is 8.61. The molecule has 4 nitrogen and oxygen atoms in total. The van der Waals surface area contributed by atoms with Gasteiger partial charge in [-0.1, -0.05) is 0 Å². The third kappa shape index (κ3) is 3.22. The summed E-state index contributed by atoms with van der Waals surface area (Å²) in [4.78, 5) is 11.5. The van der Waals surface area contributed by atoms with Gasteiger partial charge in [-0.15, -0.1) is 0 Å². The summed E-state index contributed by atoms with van der Waals surface area (Å²) in [6.07, 6.45) is -0.625. The first kappa shape index (κ1) is 13.3. The van der Waals surface area contributed by atoms with Gasteiger partial charge >= 0.3 is 0 Å². The first-order valence-corrected chi connectivity index (χ1v) is 6.48. The molecule has 1 aliphatic carbocycles. The SMILES string of the molecule is O=C(Cn1nc(C2CC2)cc1C(F)F)NCCS. The van der Waals surface area contributed by atoms with Crippen molar-refractivity contribution in [3.63, 3.8) is 0 Å². The minimum absolute atomic E-state index is 0.166. The summed E-state index contributed by atoms with van der Waals surface area (Å²) in [6.45, 7) is 0.253. The van der Waals surface area contributed by atoms with E-state index in [-0.39, 0.29) is 18.1 Å². The van der Waals surface area contributed by atoms with Gasteiger partial charge in [-0.3, -0.25) is 9.48 Å². The minimum Gasteiger partial charge on any atom is -0.354 e. The lowest BCUT2D eigenvalue weighted by molar-refractivity contribution is -0.121. The highest BCUT2D eigenvalue weighted by Crippen LogP contribution is 2.40. The number of halogens is 2. The quantitative estimate of drug-likeness (QED) is 0.777. The van der Waals surface area contributed by atoms with Crippen molar-refractivity contribution in [2.24, 2.45) is 0 Å². The molecule has 1 aromatic heterocycles. The Labute approximate surface area is 109 Å². The molecule has 0 spiro atoms. The number of aromatic nitrogens is 2. The average molecular weight is 275 g/mol. The summed E-state index contributed by atoms with van der Waals surface area (Å²) in [5.74, 6) is 0.487. The Hall–Kier alpha value is -1.11. The van der Waals surface area contributed by atoms with Crippen LogP contribution >= 0.6 is 12.6 Å². The number of nitrogens with one attached hydrogen (secondary N) is 1. The van der Waals surface area contributed by atoms with Crippen molar-refractivity contribution in [3.05, 3.63) is 17.5 Å². The van der Waals surface area contributed by atoms with Crippen LogP contribution in [-0.2, 0) is 11.3 Å². The lowest BCUT2D eigenvalue weighted by Crippen LogP contribution is -2.30. The molecule has 0 atom stereocenters. The Morgan fingerprint density at radius 3 is 2.89 bits per heavy atom. The van der Waals surface area contributed by atoms with Crippen LogP contribution in [0.3, 0.4) is 0 Å². The van der Waals surface area contributed by atoms with Gasteiger partial charge in [-0.05, 0) is 18.9 Å². The molecule has 100 valence electrons. The molecule has 1 N–H and O–H groups in total. The van der Waals surface area contributed by atoms with Gasteiger partial charge in [0.25, 0.3) is 6.43 Å².